The minimum absolute atomic E-state index is 0.144. The molecule has 2 rings (SSSR count). The van der Waals surface area contributed by atoms with Crippen molar-refractivity contribution in [1.29, 1.82) is 0 Å². The lowest BCUT2D eigenvalue weighted by molar-refractivity contribution is 0.401. The van der Waals surface area contributed by atoms with Crippen LogP contribution < -0.4 is 9.39 Å². The number of hydrogen-bond donors (Lipinski definition) is 1. The van der Waals surface area contributed by atoms with Crippen LogP contribution in [0, 0.1) is 0 Å². The van der Waals surface area contributed by atoms with E-state index in [9.17, 15) is 13.7 Å². The average Bonchev–Trinajstić information content (AvgIpc) is 2.97. The molecule has 21 heavy (non-hydrogen) atoms. The summed E-state index contributed by atoms with van der Waals surface area (Å²) in [4.78, 5) is 0. The van der Waals surface area contributed by atoms with Gasteiger partial charge in [0.2, 0.25) is 0 Å². The largest absolute Gasteiger partial charge is 0.796 e. The maximum atomic E-state index is 12.4. The third-order valence-electron chi connectivity index (χ3n) is 2.80. The fourth-order valence-electron chi connectivity index (χ4n) is 1.80. The normalized spacial score (nSPS) is 13.5. The summed E-state index contributed by atoms with van der Waals surface area (Å²) in [7, 11) is -1.57. The first-order valence-corrected chi connectivity index (χ1v) is 6.19. The van der Waals surface area contributed by atoms with E-state index in [-0.39, 0.29) is 17.1 Å². The molecular weight excluding hydrogens is 277 g/mol. The fourth-order valence-corrected chi connectivity index (χ4v) is 1.80. The Hall–Kier alpha value is -2.50. The summed E-state index contributed by atoms with van der Waals surface area (Å²) in [5.41, 5.74) is 1.06. The predicted octanol–water partition coefficient (Wildman–Crippen LogP) is 3.95. The monoisotopic (exact) mass is 290 g/mol. The lowest BCUT2D eigenvalue weighted by Crippen LogP contribution is -2.10. The number of halogens is 2. The van der Waals surface area contributed by atoms with Crippen molar-refractivity contribution in [3.05, 3.63) is 65.8 Å². The Balaban J connectivity index is 2.32. The van der Waals surface area contributed by atoms with E-state index in [1.54, 1.807) is 12.1 Å². The molecule has 0 fully saturated rings. The van der Waals surface area contributed by atoms with E-state index in [2.05, 4.69) is 4.65 Å². The molecule has 6 heteroatoms. The average molecular weight is 290 g/mol. The van der Waals surface area contributed by atoms with E-state index in [0.29, 0.717) is 5.75 Å². The van der Waals surface area contributed by atoms with Crippen molar-refractivity contribution in [1.82, 2.24) is 0 Å². The predicted molar refractivity (Wildman–Crippen MR) is 78.6 cm³/mol. The topological polar surface area (TPSA) is 38.7 Å². The molecule has 1 aromatic carbocycles. The van der Waals surface area contributed by atoms with E-state index in [1.165, 1.54) is 25.3 Å². The van der Waals surface area contributed by atoms with Gasteiger partial charge in [-0.25, -0.2) is 8.63 Å². The summed E-state index contributed by atoms with van der Waals surface area (Å²) in [6.45, 7) is 0. The molecule has 0 radical (unpaired) electrons. The van der Waals surface area contributed by atoms with Gasteiger partial charge in [0, 0.05) is 6.07 Å². The lowest BCUT2D eigenvalue weighted by atomic mass is 10.1. The van der Waals surface area contributed by atoms with E-state index in [4.69, 9.17) is 4.74 Å². The first-order valence-electron chi connectivity index (χ1n) is 6.19. The van der Waals surface area contributed by atoms with Crippen molar-refractivity contribution in [3.63, 3.8) is 0 Å². The van der Waals surface area contributed by atoms with E-state index in [0.717, 1.165) is 5.57 Å². The van der Waals surface area contributed by atoms with Crippen molar-refractivity contribution < 1.29 is 23.1 Å². The van der Waals surface area contributed by atoms with Crippen LogP contribution in [-0.2, 0) is 0 Å². The molecule has 1 aliphatic rings. The Morgan fingerprint density at radius 2 is 1.95 bits per heavy atom. The summed E-state index contributed by atoms with van der Waals surface area (Å²) in [5.74, 6) is 0.0470. The van der Waals surface area contributed by atoms with Crippen LogP contribution in [0.15, 0.2) is 60.2 Å². The quantitative estimate of drug-likeness (QED) is 0.659. The molecule has 0 spiro atoms. The van der Waals surface area contributed by atoms with Crippen molar-refractivity contribution in [2.45, 2.75) is 0 Å². The van der Waals surface area contributed by atoms with Crippen LogP contribution in [-0.4, -0.2) is 19.7 Å². The summed E-state index contributed by atoms with van der Waals surface area (Å²) in [5, 5.41) is 10.0. The number of allylic oxidation sites excluding steroid dienone is 7. The number of rotatable bonds is 5. The molecule has 1 aliphatic carbocycles. The minimum Gasteiger partial charge on any atom is -0.507 e. The highest BCUT2D eigenvalue weighted by Crippen LogP contribution is 2.30. The zero-order valence-electron chi connectivity index (χ0n) is 11.3. The Morgan fingerprint density at radius 1 is 1.24 bits per heavy atom. The van der Waals surface area contributed by atoms with E-state index < -0.39 is 7.47 Å². The molecule has 3 nitrogen and oxygen atoms in total. The van der Waals surface area contributed by atoms with Gasteiger partial charge in [0.15, 0.2) is 0 Å². The number of aliphatic hydroxyl groups is 1. The zero-order valence-corrected chi connectivity index (χ0v) is 11.3. The first-order chi connectivity index (χ1) is 10.1. The van der Waals surface area contributed by atoms with E-state index >= 15 is 0 Å². The maximum Gasteiger partial charge on any atom is 0.796 e. The van der Waals surface area contributed by atoms with Crippen LogP contribution in [0.2, 0.25) is 0 Å². The first kappa shape index (κ1) is 14.9. The second-order valence-corrected chi connectivity index (χ2v) is 4.18. The molecule has 1 N–H and O–H groups in total. The highest BCUT2D eigenvalue weighted by Gasteiger charge is 2.21. The van der Waals surface area contributed by atoms with Gasteiger partial charge in [-0.05, 0) is 23.8 Å². The Labute approximate surface area is 121 Å². The number of hydrogen-bond acceptors (Lipinski definition) is 3. The summed E-state index contributed by atoms with van der Waals surface area (Å²) < 4.78 is 34.2. The smallest absolute Gasteiger partial charge is 0.507 e. The van der Waals surface area contributed by atoms with Gasteiger partial charge in [-0.15, -0.1) is 0 Å². The number of methoxy groups -OCH3 is 1. The SMILES string of the molecule is COc1ccc(C(O)=CC=C2C=CC=C2)c(OB(F)F)c1. The second kappa shape index (κ2) is 6.79. The van der Waals surface area contributed by atoms with E-state index in [1.807, 2.05) is 24.3 Å². The Kier molecular flexibility index (Phi) is 4.82. The molecule has 1 aromatic rings. The highest BCUT2D eigenvalue weighted by atomic mass is 19.2. The van der Waals surface area contributed by atoms with Crippen LogP contribution in [0.5, 0.6) is 11.5 Å². The summed E-state index contributed by atoms with van der Waals surface area (Å²) in [6, 6.07) is 4.32. The van der Waals surface area contributed by atoms with Gasteiger partial charge in [0.05, 0.1) is 12.7 Å². The lowest BCUT2D eigenvalue weighted by Gasteiger charge is -2.11. The van der Waals surface area contributed by atoms with Crippen molar-refractivity contribution >= 4 is 13.2 Å². The molecule has 0 heterocycles. The maximum absolute atomic E-state index is 12.4. The fraction of sp³-hybridized carbons (Fsp3) is 0.0667. The van der Waals surface area contributed by atoms with Crippen LogP contribution in [0.3, 0.4) is 0 Å². The van der Waals surface area contributed by atoms with Crippen LogP contribution in [0.1, 0.15) is 5.56 Å². The van der Waals surface area contributed by atoms with Gasteiger partial charge < -0.3 is 14.5 Å². The number of ether oxygens (including phenoxy) is 1. The molecule has 0 saturated carbocycles. The minimum atomic E-state index is -2.98. The van der Waals surface area contributed by atoms with Crippen molar-refractivity contribution in [2.24, 2.45) is 0 Å². The number of aliphatic hydroxyl groups excluding tert-OH is 1. The van der Waals surface area contributed by atoms with Gasteiger partial charge in [-0.3, -0.25) is 0 Å². The highest BCUT2D eigenvalue weighted by molar-refractivity contribution is 6.35. The van der Waals surface area contributed by atoms with Crippen molar-refractivity contribution in [2.75, 3.05) is 7.11 Å². The molecule has 0 amide bonds. The van der Waals surface area contributed by atoms with Crippen LogP contribution in [0.25, 0.3) is 5.76 Å². The van der Waals surface area contributed by atoms with Gasteiger partial charge in [0.25, 0.3) is 0 Å². The third-order valence-corrected chi connectivity index (χ3v) is 2.80. The van der Waals surface area contributed by atoms with Gasteiger partial charge in [0.1, 0.15) is 17.3 Å². The van der Waals surface area contributed by atoms with Crippen LogP contribution in [0.4, 0.5) is 8.63 Å². The van der Waals surface area contributed by atoms with Crippen LogP contribution >= 0.6 is 0 Å². The molecule has 108 valence electrons. The third kappa shape index (κ3) is 3.98. The Bertz CT molecular complexity index is 620. The molecule has 0 atom stereocenters. The molecule has 0 aromatic heterocycles. The number of benzene rings is 1. The molecule has 0 unspecified atom stereocenters. The van der Waals surface area contributed by atoms with Gasteiger partial charge >= 0.3 is 7.47 Å². The Morgan fingerprint density at radius 3 is 2.57 bits per heavy atom. The molecule has 0 aliphatic heterocycles. The standard InChI is InChI=1S/C15H13BF2O3/c1-20-12-7-8-13(15(10-12)21-16(17)18)14(19)9-6-11-4-2-3-5-11/h2-10,19H,1H3. The van der Waals surface area contributed by atoms with Gasteiger partial charge in [-0.1, -0.05) is 30.4 Å². The molecule has 0 saturated heterocycles. The molecular formula is C15H13BF2O3. The van der Waals surface area contributed by atoms with Gasteiger partial charge in [-0.2, -0.15) is 0 Å². The molecule has 0 bridgehead atoms. The van der Waals surface area contributed by atoms with Crippen molar-refractivity contribution in [3.8, 4) is 11.5 Å². The summed E-state index contributed by atoms with van der Waals surface area (Å²) in [6.07, 6.45) is 10.5. The second-order valence-electron chi connectivity index (χ2n) is 4.18. The zero-order chi connectivity index (χ0) is 15.2. The summed E-state index contributed by atoms with van der Waals surface area (Å²) >= 11 is 0.